The summed E-state index contributed by atoms with van der Waals surface area (Å²) in [5, 5.41) is 10.6. The van der Waals surface area contributed by atoms with Crippen LogP contribution in [0.4, 0.5) is 5.69 Å². The van der Waals surface area contributed by atoms with Gasteiger partial charge in [-0.25, -0.2) is 4.98 Å². The van der Waals surface area contributed by atoms with E-state index in [-0.39, 0.29) is 11.7 Å². The van der Waals surface area contributed by atoms with Gasteiger partial charge in [0, 0.05) is 18.3 Å². The van der Waals surface area contributed by atoms with Gasteiger partial charge in [-0.05, 0) is 23.8 Å². The maximum atomic E-state index is 10.6. The molecule has 2 aromatic rings. The summed E-state index contributed by atoms with van der Waals surface area (Å²) in [5.74, 6) is 0.389. The van der Waals surface area contributed by atoms with Crippen LogP contribution in [0.1, 0.15) is 11.1 Å². The van der Waals surface area contributed by atoms with Gasteiger partial charge in [0.25, 0.3) is 5.69 Å². The zero-order valence-corrected chi connectivity index (χ0v) is 11.5. The molecule has 7 heteroatoms. The van der Waals surface area contributed by atoms with Crippen LogP contribution in [0.15, 0.2) is 30.5 Å². The molecular formula is C14H13N3O4. The lowest BCUT2D eigenvalue weighted by Gasteiger charge is -2.04. The first-order valence-electron chi connectivity index (χ1n) is 6.01. The topological polar surface area (TPSA) is 87.4 Å². The molecule has 108 valence electrons. The predicted molar refractivity (Wildman–Crippen MR) is 77.2 cm³/mol. The SMILES string of the molecule is COc1ncc(/C=C\c2ccc([N+](=O)[O-])cc2)c(OC)n1. The van der Waals surface area contributed by atoms with Gasteiger partial charge in [-0.3, -0.25) is 10.1 Å². The van der Waals surface area contributed by atoms with Crippen molar-refractivity contribution in [1.82, 2.24) is 9.97 Å². The largest absolute Gasteiger partial charge is 0.480 e. The van der Waals surface area contributed by atoms with Crippen LogP contribution in [0, 0.1) is 10.1 Å². The number of methoxy groups -OCH3 is 2. The normalized spacial score (nSPS) is 10.6. The van der Waals surface area contributed by atoms with Crippen LogP contribution < -0.4 is 9.47 Å². The zero-order valence-electron chi connectivity index (χ0n) is 11.5. The Balaban J connectivity index is 2.22. The molecule has 7 nitrogen and oxygen atoms in total. The molecule has 21 heavy (non-hydrogen) atoms. The van der Waals surface area contributed by atoms with Crippen LogP contribution in [0.25, 0.3) is 12.2 Å². The van der Waals surface area contributed by atoms with Gasteiger partial charge in [0.05, 0.1) is 24.7 Å². The quantitative estimate of drug-likeness (QED) is 0.620. The number of ether oxygens (including phenoxy) is 2. The Hall–Kier alpha value is -2.96. The van der Waals surface area contributed by atoms with Gasteiger partial charge in [-0.2, -0.15) is 4.98 Å². The first kappa shape index (κ1) is 14.4. The van der Waals surface area contributed by atoms with E-state index in [9.17, 15) is 10.1 Å². The van der Waals surface area contributed by atoms with Gasteiger partial charge >= 0.3 is 6.01 Å². The van der Waals surface area contributed by atoms with Gasteiger partial charge in [-0.15, -0.1) is 0 Å². The smallest absolute Gasteiger partial charge is 0.319 e. The van der Waals surface area contributed by atoms with E-state index in [1.165, 1.54) is 26.4 Å². The Morgan fingerprint density at radius 2 is 1.86 bits per heavy atom. The minimum absolute atomic E-state index is 0.0533. The molecule has 0 saturated carbocycles. The summed E-state index contributed by atoms with van der Waals surface area (Å²) in [4.78, 5) is 18.2. The Morgan fingerprint density at radius 3 is 2.43 bits per heavy atom. The van der Waals surface area contributed by atoms with Crippen molar-refractivity contribution in [3.8, 4) is 11.9 Å². The monoisotopic (exact) mass is 287 g/mol. The summed E-state index contributed by atoms with van der Waals surface area (Å²) >= 11 is 0. The molecule has 0 aliphatic heterocycles. The highest BCUT2D eigenvalue weighted by Crippen LogP contribution is 2.20. The van der Waals surface area contributed by atoms with Crippen molar-refractivity contribution in [2.24, 2.45) is 0 Å². The molecule has 1 aromatic carbocycles. The van der Waals surface area contributed by atoms with Crippen LogP contribution in [0.2, 0.25) is 0 Å². The van der Waals surface area contributed by atoms with Gasteiger partial charge in [0.1, 0.15) is 0 Å². The second kappa shape index (κ2) is 6.47. The summed E-state index contributed by atoms with van der Waals surface area (Å²) in [6.45, 7) is 0. The highest BCUT2D eigenvalue weighted by molar-refractivity contribution is 5.71. The minimum Gasteiger partial charge on any atom is -0.480 e. The minimum atomic E-state index is -0.437. The standard InChI is InChI=1S/C14H13N3O4/c1-20-13-11(9-15-14(16-13)21-2)6-3-10-4-7-12(8-5-10)17(18)19/h3-9H,1-2H3/b6-3-. The van der Waals surface area contributed by atoms with Crippen LogP contribution in [-0.2, 0) is 0 Å². The summed E-state index contributed by atoms with van der Waals surface area (Å²) < 4.78 is 10.1. The fraction of sp³-hybridized carbons (Fsp3) is 0.143. The van der Waals surface area contributed by atoms with E-state index in [1.807, 2.05) is 0 Å². The lowest BCUT2D eigenvalue weighted by molar-refractivity contribution is -0.384. The molecule has 0 unspecified atom stereocenters. The molecular weight excluding hydrogens is 274 g/mol. The summed E-state index contributed by atoms with van der Waals surface area (Å²) in [7, 11) is 2.98. The lowest BCUT2D eigenvalue weighted by Crippen LogP contribution is -1.97. The third kappa shape index (κ3) is 3.53. The van der Waals surface area contributed by atoms with Crippen molar-refractivity contribution in [1.29, 1.82) is 0 Å². The number of benzene rings is 1. The highest BCUT2D eigenvalue weighted by atomic mass is 16.6. The molecule has 0 saturated heterocycles. The second-order valence-electron chi connectivity index (χ2n) is 4.00. The van der Waals surface area contributed by atoms with Crippen LogP contribution in [0.3, 0.4) is 0 Å². The Morgan fingerprint density at radius 1 is 1.14 bits per heavy atom. The number of nitrogens with zero attached hydrogens (tertiary/aromatic N) is 3. The van der Waals surface area contributed by atoms with Crippen LogP contribution in [0.5, 0.6) is 11.9 Å². The lowest BCUT2D eigenvalue weighted by atomic mass is 10.1. The number of hydrogen-bond donors (Lipinski definition) is 0. The maximum absolute atomic E-state index is 10.6. The van der Waals surface area contributed by atoms with E-state index in [1.54, 1.807) is 30.5 Å². The molecule has 1 heterocycles. The summed E-state index contributed by atoms with van der Waals surface area (Å²) in [5.41, 5.74) is 1.55. The van der Waals surface area contributed by atoms with Gasteiger partial charge in [0.15, 0.2) is 0 Å². The Labute approximate surface area is 121 Å². The molecule has 2 rings (SSSR count). The van der Waals surface area contributed by atoms with E-state index in [0.717, 1.165) is 5.56 Å². The van der Waals surface area contributed by atoms with Crippen molar-refractivity contribution >= 4 is 17.8 Å². The highest BCUT2D eigenvalue weighted by Gasteiger charge is 2.06. The summed E-state index contributed by atoms with van der Waals surface area (Å²) in [6, 6.07) is 6.43. The number of nitro groups is 1. The average Bonchev–Trinajstić information content (AvgIpc) is 2.53. The molecule has 0 aliphatic carbocycles. The van der Waals surface area contributed by atoms with Crippen molar-refractivity contribution in [2.75, 3.05) is 14.2 Å². The predicted octanol–water partition coefficient (Wildman–Crippen LogP) is 2.57. The van der Waals surface area contributed by atoms with E-state index < -0.39 is 4.92 Å². The fourth-order valence-corrected chi connectivity index (χ4v) is 1.63. The van der Waals surface area contributed by atoms with Gasteiger partial charge < -0.3 is 9.47 Å². The first-order valence-corrected chi connectivity index (χ1v) is 6.01. The van der Waals surface area contributed by atoms with Crippen LogP contribution in [-0.4, -0.2) is 29.1 Å². The maximum Gasteiger partial charge on any atom is 0.319 e. The van der Waals surface area contributed by atoms with E-state index >= 15 is 0 Å². The van der Waals surface area contributed by atoms with E-state index in [2.05, 4.69) is 9.97 Å². The van der Waals surface area contributed by atoms with Gasteiger partial charge in [0.2, 0.25) is 5.88 Å². The number of non-ortho nitro benzene ring substituents is 1. The van der Waals surface area contributed by atoms with Crippen LogP contribution >= 0.6 is 0 Å². The third-order valence-corrected chi connectivity index (χ3v) is 2.69. The van der Waals surface area contributed by atoms with Crippen molar-refractivity contribution in [3.63, 3.8) is 0 Å². The van der Waals surface area contributed by atoms with Crippen molar-refractivity contribution < 1.29 is 14.4 Å². The second-order valence-corrected chi connectivity index (χ2v) is 4.00. The fourth-order valence-electron chi connectivity index (χ4n) is 1.63. The van der Waals surface area contributed by atoms with Crippen molar-refractivity contribution in [3.05, 3.63) is 51.7 Å². The Kier molecular flexibility index (Phi) is 4.45. The number of nitro benzene ring substituents is 1. The number of aromatic nitrogens is 2. The molecule has 0 spiro atoms. The Bertz CT molecular complexity index is 668. The molecule has 0 amide bonds. The third-order valence-electron chi connectivity index (χ3n) is 2.69. The average molecular weight is 287 g/mol. The molecule has 0 fully saturated rings. The molecule has 0 N–H and O–H groups in total. The molecule has 1 aromatic heterocycles. The van der Waals surface area contributed by atoms with E-state index in [0.29, 0.717) is 11.4 Å². The molecule has 0 radical (unpaired) electrons. The first-order chi connectivity index (χ1) is 10.1. The molecule has 0 atom stereocenters. The summed E-state index contributed by atoms with van der Waals surface area (Å²) in [6.07, 6.45) is 5.13. The van der Waals surface area contributed by atoms with E-state index in [4.69, 9.17) is 9.47 Å². The number of hydrogen-bond acceptors (Lipinski definition) is 6. The van der Waals surface area contributed by atoms with Gasteiger partial charge in [-0.1, -0.05) is 6.08 Å². The van der Waals surface area contributed by atoms with Crippen molar-refractivity contribution in [2.45, 2.75) is 0 Å². The number of rotatable bonds is 5. The molecule has 0 aliphatic rings. The zero-order chi connectivity index (χ0) is 15.2. The molecule has 0 bridgehead atoms.